The minimum atomic E-state index is 0.369. The van der Waals surface area contributed by atoms with E-state index in [1.165, 1.54) is 6.42 Å². The third kappa shape index (κ3) is 5.22. The molecule has 0 aromatic heterocycles. The van der Waals surface area contributed by atoms with Gasteiger partial charge in [-0.1, -0.05) is 20.8 Å². The molecule has 0 rings (SSSR count). The molecule has 1 atom stereocenters. The Kier molecular flexibility index (Phi) is 4.69. The van der Waals surface area contributed by atoms with Crippen LogP contribution in [-0.2, 0) is 0 Å². The quantitative estimate of drug-likeness (QED) is 0.634. The van der Waals surface area contributed by atoms with E-state index in [4.69, 9.17) is 11.5 Å². The highest BCUT2D eigenvalue weighted by Gasteiger charge is 2.19. The minimum absolute atomic E-state index is 0.369. The molecule has 0 aliphatic carbocycles. The molecule has 0 saturated carbocycles. The minimum Gasteiger partial charge on any atom is -0.330 e. The van der Waals surface area contributed by atoms with Crippen molar-refractivity contribution in [3.05, 3.63) is 0 Å². The van der Waals surface area contributed by atoms with Crippen molar-refractivity contribution in [2.75, 3.05) is 13.1 Å². The average molecular weight is 158 g/mol. The average Bonchev–Trinajstić information content (AvgIpc) is 1.86. The smallest absolute Gasteiger partial charge is 0.00513 e. The first kappa shape index (κ1) is 10.9. The zero-order valence-electron chi connectivity index (χ0n) is 8.06. The molecule has 11 heavy (non-hydrogen) atoms. The third-order valence-electron chi connectivity index (χ3n) is 2.12. The van der Waals surface area contributed by atoms with E-state index in [0.29, 0.717) is 11.3 Å². The van der Waals surface area contributed by atoms with Gasteiger partial charge >= 0.3 is 0 Å². The summed E-state index contributed by atoms with van der Waals surface area (Å²) in [6, 6.07) is 0. The number of nitrogens with two attached hydrogens (primary N) is 2. The maximum Gasteiger partial charge on any atom is -0.00513 e. The zero-order valence-corrected chi connectivity index (χ0v) is 8.06. The molecule has 0 aromatic rings. The van der Waals surface area contributed by atoms with E-state index >= 15 is 0 Å². The Labute approximate surface area is 70.3 Å². The lowest BCUT2D eigenvalue weighted by Crippen LogP contribution is -2.23. The fourth-order valence-electron chi connectivity index (χ4n) is 1.52. The lowest BCUT2D eigenvalue weighted by atomic mass is 9.81. The summed E-state index contributed by atoms with van der Waals surface area (Å²) >= 11 is 0. The van der Waals surface area contributed by atoms with E-state index in [1.54, 1.807) is 0 Å². The molecule has 0 spiro atoms. The van der Waals surface area contributed by atoms with Crippen molar-refractivity contribution < 1.29 is 0 Å². The van der Waals surface area contributed by atoms with Crippen LogP contribution in [0.1, 0.15) is 33.6 Å². The van der Waals surface area contributed by atoms with E-state index in [0.717, 1.165) is 19.5 Å². The van der Waals surface area contributed by atoms with Gasteiger partial charge in [0.1, 0.15) is 0 Å². The molecule has 0 aliphatic rings. The normalized spacial score (nSPS) is 15.0. The van der Waals surface area contributed by atoms with Gasteiger partial charge in [0.15, 0.2) is 0 Å². The molecule has 2 nitrogen and oxygen atoms in total. The third-order valence-corrected chi connectivity index (χ3v) is 2.12. The Bertz CT molecular complexity index is 99.7. The van der Waals surface area contributed by atoms with Crippen molar-refractivity contribution in [2.24, 2.45) is 22.8 Å². The van der Waals surface area contributed by atoms with Gasteiger partial charge in [-0.2, -0.15) is 0 Å². The van der Waals surface area contributed by atoms with E-state index in [1.807, 2.05) is 0 Å². The van der Waals surface area contributed by atoms with Crippen molar-refractivity contribution in [1.29, 1.82) is 0 Å². The molecule has 0 aliphatic heterocycles. The van der Waals surface area contributed by atoms with Crippen LogP contribution in [0.15, 0.2) is 0 Å². The summed E-state index contributed by atoms with van der Waals surface area (Å²) in [7, 11) is 0. The molecule has 0 bridgehead atoms. The Morgan fingerprint density at radius 2 is 1.82 bits per heavy atom. The first-order valence-corrected chi connectivity index (χ1v) is 4.42. The van der Waals surface area contributed by atoms with Gasteiger partial charge in [0.2, 0.25) is 0 Å². The van der Waals surface area contributed by atoms with E-state index < -0.39 is 0 Å². The summed E-state index contributed by atoms with van der Waals surface area (Å²) in [5, 5.41) is 0. The molecular weight excluding hydrogens is 136 g/mol. The summed E-state index contributed by atoms with van der Waals surface area (Å²) in [5.74, 6) is 0.622. The molecule has 0 aromatic carbocycles. The highest BCUT2D eigenvalue weighted by Crippen LogP contribution is 2.27. The second kappa shape index (κ2) is 4.73. The summed E-state index contributed by atoms with van der Waals surface area (Å²) in [5.41, 5.74) is 11.4. The lowest BCUT2D eigenvalue weighted by molar-refractivity contribution is 0.264. The van der Waals surface area contributed by atoms with Crippen LogP contribution in [0.5, 0.6) is 0 Å². The molecule has 0 heterocycles. The van der Waals surface area contributed by atoms with Crippen LogP contribution in [0.3, 0.4) is 0 Å². The summed E-state index contributed by atoms with van der Waals surface area (Å²) in [6.07, 6.45) is 2.28. The Balaban J connectivity index is 3.70. The number of rotatable bonds is 5. The van der Waals surface area contributed by atoms with Gasteiger partial charge < -0.3 is 11.5 Å². The van der Waals surface area contributed by atoms with Crippen LogP contribution in [0.2, 0.25) is 0 Å². The van der Waals surface area contributed by atoms with Crippen molar-refractivity contribution in [2.45, 2.75) is 33.6 Å². The largest absolute Gasteiger partial charge is 0.330 e. The Hall–Kier alpha value is -0.0800. The number of hydrogen-bond donors (Lipinski definition) is 2. The second-order valence-electron chi connectivity index (χ2n) is 4.25. The zero-order chi connectivity index (χ0) is 8.91. The van der Waals surface area contributed by atoms with Crippen molar-refractivity contribution in [1.82, 2.24) is 0 Å². The molecule has 0 radical (unpaired) electrons. The SMILES string of the molecule is C[C@@H](CN)CC(C)(C)CCN. The Morgan fingerprint density at radius 3 is 2.18 bits per heavy atom. The van der Waals surface area contributed by atoms with E-state index in [2.05, 4.69) is 20.8 Å². The van der Waals surface area contributed by atoms with Crippen molar-refractivity contribution in [3.63, 3.8) is 0 Å². The van der Waals surface area contributed by atoms with Gasteiger partial charge in [0.05, 0.1) is 0 Å². The van der Waals surface area contributed by atoms with Crippen LogP contribution in [-0.4, -0.2) is 13.1 Å². The fraction of sp³-hybridized carbons (Fsp3) is 1.00. The number of hydrogen-bond acceptors (Lipinski definition) is 2. The molecule has 0 fully saturated rings. The fourth-order valence-corrected chi connectivity index (χ4v) is 1.52. The van der Waals surface area contributed by atoms with E-state index in [-0.39, 0.29) is 0 Å². The van der Waals surface area contributed by atoms with Crippen LogP contribution < -0.4 is 11.5 Å². The van der Waals surface area contributed by atoms with Crippen molar-refractivity contribution in [3.8, 4) is 0 Å². The molecule has 0 amide bonds. The molecule has 68 valence electrons. The van der Waals surface area contributed by atoms with Gasteiger partial charge in [-0.3, -0.25) is 0 Å². The monoisotopic (exact) mass is 158 g/mol. The van der Waals surface area contributed by atoms with Gasteiger partial charge in [-0.05, 0) is 37.3 Å². The highest BCUT2D eigenvalue weighted by molar-refractivity contribution is 4.72. The maximum absolute atomic E-state index is 5.54. The van der Waals surface area contributed by atoms with Crippen LogP contribution in [0.25, 0.3) is 0 Å². The Morgan fingerprint density at radius 1 is 1.27 bits per heavy atom. The van der Waals surface area contributed by atoms with Crippen molar-refractivity contribution >= 4 is 0 Å². The molecule has 2 heteroatoms. The first-order chi connectivity index (χ1) is 5.02. The topological polar surface area (TPSA) is 52.0 Å². The van der Waals surface area contributed by atoms with Gasteiger partial charge in [-0.25, -0.2) is 0 Å². The highest BCUT2D eigenvalue weighted by atomic mass is 14.6. The van der Waals surface area contributed by atoms with Crippen LogP contribution in [0.4, 0.5) is 0 Å². The van der Waals surface area contributed by atoms with Crippen LogP contribution in [0, 0.1) is 11.3 Å². The standard InChI is InChI=1S/C9H22N2/c1-8(7-11)6-9(2,3)4-5-10/h8H,4-7,10-11H2,1-3H3/t8-/m1/s1. The van der Waals surface area contributed by atoms with Gasteiger partial charge in [0.25, 0.3) is 0 Å². The summed E-state index contributed by atoms with van der Waals surface area (Å²) in [4.78, 5) is 0. The maximum atomic E-state index is 5.54. The molecule has 4 N–H and O–H groups in total. The second-order valence-corrected chi connectivity index (χ2v) is 4.25. The van der Waals surface area contributed by atoms with Gasteiger partial charge in [-0.15, -0.1) is 0 Å². The van der Waals surface area contributed by atoms with Crippen LogP contribution >= 0.6 is 0 Å². The molecule has 0 saturated heterocycles. The lowest BCUT2D eigenvalue weighted by Gasteiger charge is -2.26. The predicted octanol–water partition coefficient (Wildman–Crippen LogP) is 1.35. The van der Waals surface area contributed by atoms with E-state index in [9.17, 15) is 0 Å². The summed E-state index contributed by atoms with van der Waals surface area (Å²) < 4.78 is 0. The predicted molar refractivity (Wildman–Crippen MR) is 50.3 cm³/mol. The first-order valence-electron chi connectivity index (χ1n) is 4.42. The molecule has 0 unspecified atom stereocenters. The summed E-state index contributed by atoms with van der Waals surface area (Å²) in [6.45, 7) is 8.27. The molecular formula is C9H22N2. The van der Waals surface area contributed by atoms with Gasteiger partial charge in [0, 0.05) is 0 Å².